The van der Waals surface area contributed by atoms with Gasteiger partial charge in [0, 0.05) is 12.1 Å². The van der Waals surface area contributed by atoms with Crippen molar-refractivity contribution in [3.8, 4) is 5.75 Å². The predicted octanol–water partition coefficient (Wildman–Crippen LogP) is 4.05. The van der Waals surface area contributed by atoms with Crippen LogP contribution in [0.3, 0.4) is 0 Å². The van der Waals surface area contributed by atoms with Gasteiger partial charge in [-0.2, -0.15) is 0 Å². The van der Waals surface area contributed by atoms with Crippen LogP contribution in [0, 0.1) is 10.1 Å². The molecule has 0 amide bonds. The second-order valence-electron chi connectivity index (χ2n) is 8.59. The molecule has 9 nitrogen and oxygen atoms in total. The molecular weight excluding hydrogens is 506 g/mol. The third-order valence-electron chi connectivity index (χ3n) is 5.92. The standard InChI is InChI=1S/C28H27N3O6S/c1-4-6-15-36-22-12-10-20(11-13-22)25-24(27(33)37-14-5-2)18(3)29-28-30(25)26(32)23(38-28)17-19-8-7-9-21(16-19)31(34)35/h5,7-13,16-17,25H,2,4,6,14-15H2,1,3H3. The first-order valence-corrected chi connectivity index (χ1v) is 12.9. The molecule has 10 heteroatoms. The Kier molecular flexibility index (Phi) is 8.32. The molecule has 1 aromatic heterocycles. The Labute approximate surface area is 222 Å². The molecule has 0 fully saturated rings. The van der Waals surface area contributed by atoms with Crippen LogP contribution in [0.15, 0.2) is 82.2 Å². The van der Waals surface area contributed by atoms with Gasteiger partial charge < -0.3 is 9.47 Å². The van der Waals surface area contributed by atoms with Gasteiger partial charge in [-0.15, -0.1) is 0 Å². The van der Waals surface area contributed by atoms with Gasteiger partial charge >= 0.3 is 5.97 Å². The molecule has 38 heavy (non-hydrogen) atoms. The number of nitro groups is 1. The van der Waals surface area contributed by atoms with Crippen LogP contribution in [0.4, 0.5) is 5.69 Å². The summed E-state index contributed by atoms with van der Waals surface area (Å²) in [5.74, 6) is 0.101. The maximum atomic E-state index is 13.7. The molecule has 4 rings (SSSR count). The van der Waals surface area contributed by atoms with Crippen LogP contribution in [0.1, 0.15) is 43.9 Å². The summed E-state index contributed by atoms with van der Waals surface area (Å²) in [7, 11) is 0. The molecule has 0 saturated carbocycles. The van der Waals surface area contributed by atoms with Crippen LogP contribution >= 0.6 is 11.3 Å². The van der Waals surface area contributed by atoms with E-state index < -0.39 is 16.9 Å². The molecule has 0 spiro atoms. The second-order valence-corrected chi connectivity index (χ2v) is 9.60. The van der Waals surface area contributed by atoms with Crippen molar-refractivity contribution in [1.82, 2.24) is 4.57 Å². The summed E-state index contributed by atoms with van der Waals surface area (Å²) in [5, 5.41) is 11.2. The Bertz CT molecular complexity index is 1580. The summed E-state index contributed by atoms with van der Waals surface area (Å²) in [6.07, 6.45) is 5.02. The topological polar surface area (TPSA) is 113 Å². The normalized spacial score (nSPS) is 15.0. The van der Waals surface area contributed by atoms with E-state index in [9.17, 15) is 19.7 Å². The van der Waals surface area contributed by atoms with E-state index in [0.29, 0.717) is 38.5 Å². The predicted molar refractivity (Wildman–Crippen MR) is 145 cm³/mol. The van der Waals surface area contributed by atoms with Crippen LogP contribution in [0.25, 0.3) is 6.08 Å². The minimum Gasteiger partial charge on any atom is -0.494 e. The number of nitro benzene ring substituents is 1. The van der Waals surface area contributed by atoms with Crippen LogP contribution in [-0.2, 0) is 9.53 Å². The number of hydrogen-bond acceptors (Lipinski definition) is 8. The lowest BCUT2D eigenvalue weighted by molar-refractivity contribution is -0.384. The van der Waals surface area contributed by atoms with Crippen LogP contribution in [0.2, 0.25) is 0 Å². The molecule has 0 N–H and O–H groups in total. The van der Waals surface area contributed by atoms with E-state index >= 15 is 0 Å². The Balaban J connectivity index is 1.84. The first kappa shape index (κ1) is 26.7. The SMILES string of the molecule is C=CCOC(=O)C1=C(C)N=c2sc(=Cc3cccc([N+](=O)[O-])c3)c(=O)n2C1c1ccc(OCCCC)cc1. The molecule has 3 aromatic rings. The van der Waals surface area contributed by atoms with Crippen LogP contribution in [-0.4, -0.2) is 28.7 Å². The summed E-state index contributed by atoms with van der Waals surface area (Å²) in [6.45, 7) is 8.00. The first-order valence-electron chi connectivity index (χ1n) is 12.1. The number of hydrogen-bond donors (Lipinski definition) is 0. The molecule has 2 aromatic carbocycles. The molecule has 0 aliphatic carbocycles. The highest BCUT2D eigenvalue weighted by atomic mass is 32.1. The molecule has 1 aliphatic heterocycles. The fraction of sp³-hybridized carbons (Fsp3) is 0.250. The molecule has 1 unspecified atom stereocenters. The molecule has 0 bridgehead atoms. The van der Waals surface area contributed by atoms with Crippen molar-refractivity contribution < 1.29 is 19.2 Å². The quantitative estimate of drug-likeness (QED) is 0.128. The highest BCUT2D eigenvalue weighted by Gasteiger charge is 2.33. The zero-order valence-corrected chi connectivity index (χ0v) is 21.9. The summed E-state index contributed by atoms with van der Waals surface area (Å²) in [4.78, 5) is 42.5. The number of carbonyl (C=O) groups is 1. The van der Waals surface area contributed by atoms with Crippen molar-refractivity contribution in [3.05, 3.63) is 113 Å². The number of aromatic nitrogens is 1. The third kappa shape index (κ3) is 5.65. The number of non-ortho nitro benzene ring substituents is 1. The van der Waals surface area contributed by atoms with Crippen molar-refractivity contribution in [2.24, 2.45) is 4.99 Å². The van der Waals surface area contributed by atoms with E-state index in [1.165, 1.54) is 22.8 Å². The van der Waals surface area contributed by atoms with Gasteiger partial charge in [-0.25, -0.2) is 9.79 Å². The fourth-order valence-corrected chi connectivity index (χ4v) is 5.12. The third-order valence-corrected chi connectivity index (χ3v) is 6.90. The average Bonchev–Trinajstić information content (AvgIpc) is 3.21. The van der Waals surface area contributed by atoms with Crippen LogP contribution in [0.5, 0.6) is 5.75 Å². The second kappa shape index (κ2) is 11.8. The number of carbonyl (C=O) groups excluding carboxylic acids is 1. The van der Waals surface area contributed by atoms with Gasteiger partial charge in [-0.05, 0) is 42.7 Å². The van der Waals surface area contributed by atoms with E-state index in [1.54, 1.807) is 25.1 Å². The zero-order chi connectivity index (χ0) is 27.2. The molecule has 2 heterocycles. The summed E-state index contributed by atoms with van der Waals surface area (Å²) in [5.41, 5.74) is 1.45. The Hall–Kier alpha value is -4.31. The van der Waals surface area contributed by atoms with Gasteiger partial charge in [-0.1, -0.05) is 61.6 Å². The maximum Gasteiger partial charge on any atom is 0.338 e. The van der Waals surface area contributed by atoms with Gasteiger partial charge in [0.25, 0.3) is 11.2 Å². The van der Waals surface area contributed by atoms with Gasteiger partial charge in [0.05, 0.1) is 33.4 Å². The van der Waals surface area contributed by atoms with E-state index in [2.05, 4.69) is 18.5 Å². The van der Waals surface area contributed by atoms with E-state index in [4.69, 9.17) is 9.47 Å². The first-order chi connectivity index (χ1) is 18.3. The lowest BCUT2D eigenvalue weighted by Gasteiger charge is -2.24. The van der Waals surface area contributed by atoms with Gasteiger partial charge in [-0.3, -0.25) is 19.5 Å². The Morgan fingerprint density at radius 1 is 1.26 bits per heavy atom. The Morgan fingerprint density at radius 3 is 2.71 bits per heavy atom. The molecule has 0 radical (unpaired) electrons. The highest BCUT2D eigenvalue weighted by molar-refractivity contribution is 7.07. The summed E-state index contributed by atoms with van der Waals surface area (Å²) >= 11 is 1.15. The van der Waals surface area contributed by atoms with Gasteiger partial charge in [0.15, 0.2) is 4.80 Å². The molecule has 1 atom stereocenters. The number of allylic oxidation sites excluding steroid dienone is 1. The lowest BCUT2D eigenvalue weighted by atomic mass is 9.96. The van der Waals surface area contributed by atoms with Crippen molar-refractivity contribution in [2.45, 2.75) is 32.7 Å². The summed E-state index contributed by atoms with van der Waals surface area (Å²) < 4.78 is 12.9. The monoisotopic (exact) mass is 533 g/mol. The average molecular weight is 534 g/mol. The van der Waals surface area contributed by atoms with Gasteiger partial charge in [0.2, 0.25) is 0 Å². The lowest BCUT2D eigenvalue weighted by Crippen LogP contribution is -2.39. The maximum absolute atomic E-state index is 13.7. The van der Waals surface area contributed by atoms with E-state index in [-0.39, 0.29) is 23.4 Å². The minimum atomic E-state index is -0.777. The van der Waals surface area contributed by atoms with Crippen molar-refractivity contribution in [1.29, 1.82) is 0 Å². The van der Waals surface area contributed by atoms with Crippen molar-refractivity contribution >= 4 is 29.1 Å². The highest BCUT2D eigenvalue weighted by Crippen LogP contribution is 2.31. The largest absolute Gasteiger partial charge is 0.494 e. The number of unbranched alkanes of at least 4 members (excludes halogenated alkanes) is 1. The van der Waals surface area contributed by atoms with Gasteiger partial charge in [0.1, 0.15) is 12.4 Å². The number of esters is 1. The summed E-state index contributed by atoms with van der Waals surface area (Å²) in [6, 6.07) is 12.5. The Morgan fingerprint density at radius 2 is 2.03 bits per heavy atom. The minimum absolute atomic E-state index is 0.0176. The molecule has 196 valence electrons. The van der Waals surface area contributed by atoms with Crippen molar-refractivity contribution in [3.63, 3.8) is 0 Å². The number of rotatable bonds is 10. The number of nitrogens with zero attached hydrogens (tertiary/aromatic N) is 3. The molecule has 0 saturated heterocycles. The smallest absolute Gasteiger partial charge is 0.338 e. The molecule has 1 aliphatic rings. The van der Waals surface area contributed by atoms with E-state index in [1.807, 2.05) is 24.3 Å². The molecular formula is C28H27N3O6S. The number of benzene rings is 2. The number of fused-ring (bicyclic) bond motifs is 1. The van der Waals surface area contributed by atoms with Crippen molar-refractivity contribution in [2.75, 3.05) is 13.2 Å². The fourth-order valence-electron chi connectivity index (χ4n) is 4.07. The zero-order valence-electron chi connectivity index (χ0n) is 21.1. The number of ether oxygens (including phenoxy) is 2. The van der Waals surface area contributed by atoms with E-state index in [0.717, 1.165) is 24.2 Å². The van der Waals surface area contributed by atoms with Crippen LogP contribution < -0.4 is 19.6 Å². The number of thiazole rings is 1.